The number of hydrogen-bond donors (Lipinski definition) is 1. The predicted molar refractivity (Wildman–Crippen MR) is 50.6 cm³/mol. The van der Waals surface area contributed by atoms with Crippen LogP contribution in [0.25, 0.3) is 0 Å². The van der Waals surface area contributed by atoms with Crippen molar-refractivity contribution in [1.82, 2.24) is 0 Å². The van der Waals surface area contributed by atoms with E-state index in [0.717, 1.165) is 18.5 Å². The van der Waals surface area contributed by atoms with Crippen molar-refractivity contribution in [3.05, 3.63) is 29.3 Å². The lowest BCUT2D eigenvalue weighted by atomic mass is 9.91. The molecule has 0 amide bonds. The van der Waals surface area contributed by atoms with Crippen LogP contribution in [0, 0.1) is 0 Å². The van der Waals surface area contributed by atoms with E-state index in [1.165, 1.54) is 11.1 Å². The normalized spacial score (nSPS) is 29.4. The molecule has 2 bridgehead atoms. The van der Waals surface area contributed by atoms with Gasteiger partial charge in [-0.25, -0.2) is 0 Å². The number of rotatable bonds is 0. The third kappa shape index (κ3) is 0.804. The van der Waals surface area contributed by atoms with Gasteiger partial charge in [-0.1, -0.05) is 6.07 Å². The Morgan fingerprint density at radius 3 is 3.00 bits per heavy atom. The lowest BCUT2D eigenvalue weighted by Gasteiger charge is -2.14. The zero-order valence-corrected chi connectivity index (χ0v) is 7.29. The first-order valence-corrected chi connectivity index (χ1v) is 4.68. The largest absolute Gasteiger partial charge is 0.399 e. The van der Waals surface area contributed by atoms with Crippen LogP contribution in [0.4, 0.5) is 5.69 Å². The SMILES string of the molecule is Nc1ccc2c(c1)C1CC2CC1=O. The molecular weight excluding hydrogens is 162 g/mol. The van der Waals surface area contributed by atoms with Gasteiger partial charge in [0.25, 0.3) is 0 Å². The minimum Gasteiger partial charge on any atom is -0.399 e. The third-order valence-corrected chi connectivity index (χ3v) is 3.28. The van der Waals surface area contributed by atoms with E-state index in [1.54, 1.807) is 0 Å². The van der Waals surface area contributed by atoms with E-state index < -0.39 is 0 Å². The molecule has 1 aromatic carbocycles. The highest BCUT2D eigenvalue weighted by Crippen LogP contribution is 2.51. The maximum atomic E-state index is 11.5. The molecule has 2 unspecified atom stereocenters. The molecule has 2 aliphatic carbocycles. The number of ketones is 1. The van der Waals surface area contributed by atoms with Gasteiger partial charge in [0.15, 0.2) is 0 Å². The molecule has 0 aromatic heterocycles. The zero-order chi connectivity index (χ0) is 9.00. The van der Waals surface area contributed by atoms with Crippen molar-refractivity contribution >= 4 is 11.5 Å². The highest BCUT2D eigenvalue weighted by Gasteiger charge is 2.42. The summed E-state index contributed by atoms with van der Waals surface area (Å²) in [6.07, 6.45) is 1.78. The maximum absolute atomic E-state index is 11.5. The number of carbonyl (C=O) groups is 1. The van der Waals surface area contributed by atoms with Crippen LogP contribution in [0.3, 0.4) is 0 Å². The van der Waals surface area contributed by atoms with E-state index in [-0.39, 0.29) is 5.92 Å². The zero-order valence-electron chi connectivity index (χ0n) is 7.29. The number of anilines is 1. The quantitative estimate of drug-likeness (QED) is 0.608. The summed E-state index contributed by atoms with van der Waals surface area (Å²) in [6.45, 7) is 0. The van der Waals surface area contributed by atoms with E-state index in [2.05, 4.69) is 6.07 Å². The van der Waals surface area contributed by atoms with Crippen molar-refractivity contribution in [2.45, 2.75) is 24.7 Å². The van der Waals surface area contributed by atoms with Gasteiger partial charge in [0, 0.05) is 18.0 Å². The first-order chi connectivity index (χ1) is 6.25. The van der Waals surface area contributed by atoms with Gasteiger partial charge in [-0.05, 0) is 35.6 Å². The Hall–Kier alpha value is -1.31. The molecule has 3 rings (SSSR count). The van der Waals surface area contributed by atoms with Gasteiger partial charge in [-0.2, -0.15) is 0 Å². The van der Waals surface area contributed by atoms with E-state index in [0.29, 0.717) is 11.7 Å². The van der Waals surface area contributed by atoms with Crippen molar-refractivity contribution in [3.63, 3.8) is 0 Å². The minimum absolute atomic E-state index is 0.170. The highest BCUT2D eigenvalue weighted by atomic mass is 16.1. The summed E-state index contributed by atoms with van der Waals surface area (Å²) >= 11 is 0. The van der Waals surface area contributed by atoms with Crippen molar-refractivity contribution in [1.29, 1.82) is 0 Å². The number of Topliss-reactive ketones (excluding diaryl/α,β-unsaturated/α-hetero) is 1. The molecule has 0 saturated heterocycles. The van der Waals surface area contributed by atoms with Crippen molar-refractivity contribution in [2.75, 3.05) is 5.73 Å². The summed E-state index contributed by atoms with van der Waals surface area (Å²) in [5.74, 6) is 1.07. The molecular formula is C11H11NO. The van der Waals surface area contributed by atoms with Crippen LogP contribution in [0.1, 0.15) is 35.8 Å². The van der Waals surface area contributed by atoms with Crippen LogP contribution in [0.15, 0.2) is 18.2 Å². The average molecular weight is 173 g/mol. The fourth-order valence-corrected chi connectivity index (χ4v) is 2.69. The highest BCUT2D eigenvalue weighted by molar-refractivity contribution is 5.92. The third-order valence-electron chi connectivity index (χ3n) is 3.28. The average Bonchev–Trinajstić information content (AvgIpc) is 2.60. The molecule has 13 heavy (non-hydrogen) atoms. The summed E-state index contributed by atoms with van der Waals surface area (Å²) < 4.78 is 0. The maximum Gasteiger partial charge on any atom is 0.140 e. The Balaban J connectivity index is 2.21. The Morgan fingerprint density at radius 2 is 2.15 bits per heavy atom. The molecule has 1 aromatic rings. The van der Waals surface area contributed by atoms with Gasteiger partial charge in [0.2, 0.25) is 0 Å². The predicted octanol–water partition coefficient (Wildman–Crippen LogP) is 1.81. The van der Waals surface area contributed by atoms with Gasteiger partial charge < -0.3 is 5.73 Å². The number of benzene rings is 1. The fraction of sp³-hybridized carbons (Fsp3) is 0.364. The lowest BCUT2D eigenvalue weighted by Crippen LogP contribution is -2.09. The van der Waals surface area contributed by atoms with E-state index in [4.69, 9.17) is 5.73 Å². The van der Waals surface area contributed by atoms with Crippen molar-refractivity contribution in [2.24, 2.45) is 0 Å². The summed E-state index contributed by atoms with van der Waals surface area (Å²) in [5, 5.41) is 0. The molecule has 2 aliphatic rings. The summed E-state index contributed by atoms with van der Waals surface area (Å²) in [4.78, 5) is 11.5. The number of fused-ring (bicyclic) bond motifs is 5. The van der Waals surface area contributed by atoms with Gasteiger partial charge >= 0.3 is 0 Å². The van der Waals surface area contributed by atoms with Gasteiger partial charge in [0.05, 0.1) is 0 Å². The first-order valence-electron chi connectivity index (χ1n) is 4.68. The molecule has 0 radical (unpaired) electrons. The van der Waals surface area contributed by atoms with Crippen LogP contribution in [-0.4, -0.2) is 5.78 Å². The van der Waals surface area contributed by atoms with Crippen molar-refractivity contribution in [3.8, 4) is 0 Å². The smallest absolute Gasteiger partial charge is 0.140 e. The first kappa shape index (κ1) is 7.13. The van der Waals surface area contributed by atoms with E-state index >= 15 is 0 Å². The molecule has 1 saturated carbocycles. The molecule has 66 valence electrons. The standard InChI is InChI=1S/C11H11NO/c12-7-1-2-8-6-3-10(9(8)5-7)11(13)4-6/h1-2,5-6,10H,3-4,12H2. The summed E-state index contributed by atoms with van der Waals surface area (Å²) in [7, 11) is 0. The molecule has 2 N–H and O–H groups in total. The molecule has 0 heterocycles. The van der Waals surface area contributed by atoms with Crippen LogP contribution < -0.4 is 5.73 Å². The summed E-state index contributed by atoms with van der Waals surface area (Å²) in [5.41, 5.74) is 9.03. The topological polar surface area (TPSA) is 43.1 Å². The van der Waals surface area contributed by atoms with E-state index in [1.807, 2.05) is 12.1 Å². The Bertz CT molecular complexity index is 397. The minimum atomic E-state index is 0.170. The molecule has 1 fully saturated rings. The van der Waals surface area contributed by atoms with E-state index in [9.17, 15) is 4.79 Å². The summed E-state index contributed by atoms with van der Waals surface area (Å²) in [6, 6.07) is 5.99. The van der Waals surface area contributed by atoms with Gasteiger partial charge in [-0.3, -0.25) is 4.79 Å². The fourth-order valence-electron chi connectivity index (χ4n) is 2.69. The van der Waals surface area contributed by atoms with Crippen LogP contribution in [-0.2, 0) is 4.79 Å². The molecule has 0 aliphatic heterocycles. The monoisotopic (exact) mass is 173 g/mol. The lowest BCUT2D eigenvalue weighted by molar-refractivity contribution is -0.118. The second-order valence-corrected chi connectivity index (χ2v) is 4.04. The number of hydrogen-bond acceptors (Lipinski definition) is 2. The Morgan fingerprint density at radius 1 is 1.31 bits per heavy atom. The van der Waals surface area contributed by atoms with Crippen LogP contribution in [0.2, 0.25) is 0 Å². The van der Waals surface area contributed by atoms with Crippen molar-refractivity contribution < 1.29 is 4.79 Å². The number of nitrogens with two attached hydrogens (primary N) is 1. The molecule has 2 heteroatoms. The molecule has 2 nitrogen and oxygen atoms in total. The Kier molecular flexibility index (Phi) is 1.17. The van der Waals surface area contributed by atoms with Gasteiger partial charge in [0.1, 0.15) is 5.78 Å². The molecule has 2 atom stereocenters. The number of nitrogen functional groups attached to an aromatic ring is 1. The van der Waals surface area contributed by atoms with Crippen LogP contribution in [0.5, 0.6) is 0 Å². The molecule has 0 spiro atoms. The Labute approximate surface area is 76.7 Å². The van der Waals surface area contributed by atoms with Crippen LogP contribution >= 0.6 is 0 Å². The second kappa shape index (κ2) is 2.13. The second-order valence-electron chi connectivity index (χ2n) is 4.04. The van der Waals surface area contributed by atoms with Gasteiger partial charge in [-0.15, -0.1) is 0 Å². The number of carbonyl (C=O) groups excluding carboxylic acids is 1.